The molecule has 3 nitrogen and oxygen atoms in total. The van der Waals surface area contributed by atoms with Crippen LogP contribution in [0.25, 0.3) is 5.57 Å². The zero-order valence-corrected chi connectivity index (χ0v) is 17.5. The molecule has 0 radical (unpaired) electrons. The molecule has 1 N–H and O–H groups in total. The van der Waals surface area contributed by atoms with Crippen LogP contribution in [0.1, 0.15) is 49.1 Å². The number of hydrogen-bond donors (Lipinski definition) is 1. The van der Waals surface area contributed by atoms with E-state index in [1.807, 2.05) is 12.1 Å². The Morgan fingerprint density at radius 1 is 1.07 bits per heavy atom. The molecular formula is C26H30FN3. The van der Waals surface area contributed by atoms with Crippen LogP contribution in [0.15, 0.2) is 48.0 Å². The predicted molar refractivity (Wildman–Crippen MR) is 122 cm³/mol. The van der Waals surface area contributed by atoms with Crippen molar-refractivity contribution in [2.45, 2.75) is 44.1 Å². The van der Waals surface area contributed by atoms with Crippen molar-refractivity contribution < 1.29 is 4.39 Å². The van der Waals surface area contributed by atoms with Crippen molar-refractivity contribution in [2.24, 2.45) is 0 Å². The van der Waals surface area contributed by atoms with Gasteiger partial charge in [-0.3, -0.25) is 0 Å². The van der Waals surface area contributed by atoms with Crippen LogP contribution in [0.3, 0.4) is 0 Å². The fourth-order valence-electron chi connectivity index (χ4n) is 5.99. The van der Waals surface area contributed by atoms with Gasteiger partial charge in [-0.2, -0.15) is 0 Å². The Balaban J connectivity index is 1.12. The van der Waals surface area contributed by atoms with E-state index in [0.29, 0.717) is 12.0 Å². The summed E-state index contributed by atoms with van der Waals surface area (Å²) in [4.78, 5) is 5.37. The van der Waals surface area contributed by atoms with Gasteiger partial charge in [0.15, 0.2) is 0 Å². The number of fused-ring (bicyclic) bond motifs is 3. The van der Waals surface area contributed by atoms with Crippen molar-refractivity contribution in [2.75, 3.05) is 42.9 Å². The third kappa shape index (κ3) is 3.22. The number of likely N-dealkylation sites (tertiary alicyclic amines) is 1. The van der Waals surface area contributed by atoms with Gasteiger partial charge >= 0.3 is 0 Å². The molecule has 156 valence electrons. The minimum atomic E-state index is -0.144. The fraction of sp³-hybridized carbons (Fsp3) is 0.462. The van der Waals surface area contributed by atoms with Gasteiger partial charge in [0.25, 0.3) is 0 Å². The third-order valence-electron chi connectivity index (χ3n) is 7.50. The van der Waals surface area contributed by atoms with Crippen molar-refractivity contribution in [1.29, 1.82) is 0 Å². The van der Waals surface area contributed by atoms with Gasteiger partial charge in [-0.1, -0.05) is 29.8 Å². The normalized spacial score (nSPS) is 24.3. The standard InChI is InChI=1S/C26H30FN3/c27-20-10-8-19(9-11-20)21(18-6-7-18)4-2-14-29-15-12-25-23(17-29)22-3-1-5-24-26(22)30(25)16-13-28-24/h1,3,5,8-11,23,25,28H,2,4,6-7,12-17H2. The molecule has 2 aromatic carbocycles. The Morgan fingerprint density at radius 3 is 2.77 bits per heavy atom. The molecule has 30 heavy (non-hydrogen) atoms. The first-order valence-corrected chi connectivity index (χ1v) is 11.6. The van der Waals surface area contributed by atoms with E-state index in [2.05, 4.69) is 33.3 Å². The van der Waals surface area contributed by atoms with Crippen molar-refractivity contribution in [1.82, 2.24) is 4.90 Å². The van der Waals surface area contributed by atoms with Crippen molar-refractivity contribution in [3.63, 3.8) is 0 Å². The molecule has 2 atom stereocenters. The Labute approximate surface area is 178 Å². The van der Waals surface area contributed by atoms with Gasteiger partial charge in [0.1, 0.15) is 5.82 Å². The average Bonchev–Trinajstić information content (AvgIpc) is 3.57. The highest BCUT2D eigenvalue weighted by Crippen LogP contribution is 2.49. The van der Waals surface area contributed by atoms with E-state index in [0.717, 1.165) is 26.1 Å². The van der Waals surface area contributed by atoms with Crippen molar-refractivity contribution >= 4 is 16.9 Å². The summed E-state index contributed by atoms with van der Waals surface area (Å²) in [7, 11) is 0. The molecule has 4 aliphatic rings. The predicted octanol–water partition coefficient (Wildman–Crippen LogP) is 5.26. The van der Waals surface area contributed by atoms with E-state index in [9.17, 15) is 4.39 Å². The largest absolute Gasteiger partial charge is 0.382 e. The minimum absolute atomic E-state index is 0.144. The molecule has 0 aromatic heterocycles. The topological polar surface area (TPSA) is 18.5 Å². The lowest BCUT2D eigenvalue weighted by molar-refractivity contribution is 0.192. The lowest BCUT2D eigenvalue weighted by Crippen LogP contribution is -2.48. The number of benzene rings is 2. The van der Waals surface area contributed by atoms with Gasteiger partial charge in [0, 0.05) is 38.1 Å². The Hall–Kier alpha value is -2.33. The Bertz CT molecular complexity index is 974. The molecule has 2 unspecified atom stereocenters. The number of nitrogens with zero attached hydrogens (tertiary/aromatic N) is 2. The summed E-state index contributed by atoms with van der Waals surface area (Å²) in [5.41, 5.74) is 8.66. The minimum Gasteiger partial charge on any atom is -0.382 e. The van der Waals surface area contributed by atoms with E-state index in [1.54, 1.807) is 23.3 Å². The maximum atomic E-state index is 13.3. The second-order valence-corrected chi connectivity index (χ2v) is 9.32. The zero-order chi connectivity index (χ0) is 20.1. The number of hydrogen-bond acceptors (Lipinski definition) is 3. The monoisotopic (exact) mass is 403 g/mol. The van der Waals surface area contributed by atoms with Crippen LogP contribution in [-0.2, 0) is 0 Å². The number of para-hydroxylation sites is 1. The molecule has 3 aliphatic heterocycles. The molecule has 1 saturated heterocycles. The number of piperidine rings is 1. The van der Waals surface area contributed by atoms with Gasteiger partial charge in [-0.25, -0.2) is 4.39 Å². The van der Waals surface area contributed by atoms with Crippen LogP contribution in [0.4, 0.5) is 15.8 Å². The van der Waals surface area contributed by atoms with Crippen LogP contribution >= 0.6 is 0 Å². The molecule has 1 aliphatic carbocycles. The highest BCUT2D eigenvalue weighted by Gasteiger charge is 2.43. The first kappa shape index (κ1) is 18.4. The van der Waals surface area contributed by atoms with Gasteiger partial charge in [0.2, 0.25) is 0 Å². The lowest BCUT2D eigenvalue weighted by Gasteiger charge is -2.40. The maximum Gasteiger partial charge on any atom is 0.123 e. The van der Waals surface area contributed by atoms with E-state index in [1.165, 1.54) is 61.3 Å². The fourth-order valence-corrected chi connectivity index (χ4v) is 5.99. The van der Waals surface area contributed by atoms with Crippen LogP contribution in [0, 0.1) is 5.82 Å². The number of nitrogens with one attached hydrogen (secondary N) is 1. The van der Waals surface area contributed by atoms with Crippen LogP contribution < -0.4 is 10.2 Å². The van der Waals surface area contributed by atoms with Crippen LogP contribution in [0.5, 0.6) is 0 Å². The number of rotatable bonds is 5. The molecule has 3 heterocycles. The summed E-state index contributed by atoms with van der Waals surface area (Å²) in [6, 6.07) is 14.6. The van der Waals surface area contributed by atoms with E-state index in [-0.39, 0.29) is 5.82 Å². The SMILES string of the molecule is Fc1ccc(C(CCCN2CCC3C(C2)c2cccc4c2N3CCN4)=C2CC2)cc1. The van der Waals surface area contributed by atoms with Crippen molar-refractivity contribution in [3.8, 4) is 0 Å². The molecule has 4 heteroatoms. The highest BCUT2D eigenvalue weighted by molar-refractivity contribution is 5.80. The van der Waals surface area contributed by atoms with Gasteiger partial charge in [0.05, 0.1) is 11.4 Å². The van der Waals surface area contributed by atoms with Gasteiger partial charge in [-0.15, -0.1) is 0 Å². The molecule has 0 amide bonds. The zero-order valence-electron chi connectivity index (χ0n) is 17.5. The first-order chi connectivity index (χ1) is 14.8. The summed E-state index contributed by atoms with van der Waals surface area (Å²) >= 11 is 0. The smallest absolute Gasteiger partial charge is 0.123 e. The molecule has 2 aromatic rings. The number of anilines is 2. The second kappa shape index (κ2) is 7.42. The Morgan fingerprint density at radius 2 is 1.93 bits per heavy atom. The Kier molecular flexibility index (Phi) is 4.56. The molecule has 0 bridgehead atoms. The van der Waals surface area contributed by atoms with Crippen LogP contribution in [-0.4, -0.2) is 43.7 Å². The molecule has 1 saturated carbocycles. The van der Waals surface area contributed by atoms with Gasteiger partial charge in [-0.05, 0) is 73.5 Å². The van der Waals surface area contributed by atoms with E-state index in [4.69, 9.17) is 0 Å². The summed E-state index contributed by atoms with van der Waals surface area (Å²) < 4.78 is 13.3. The molecule has 6 rings (SSSR count). The molecule has 2 fully saturated rings. The first-order valence-electron chi connectivity index (χ1n) is 11.6. The quantitative estimate of drug-likeness (QED) is 0.735. The molecular weight excluding hydrogens is 373 g/mol. The van der Waals surface area contributed by atoms with E-state index < -0.39 is 0 Å². The second-order valence-electron chi connectivity index (χ2n) is 9.32. The molecule has 0 spiro atoms. The van der Waals surface area contributed by atoms with Gasteiger partial charge < -0.3 is 15.1 Å². The number of halogens is 1. The number of allylic oxidation sites excluding steroid dienone is 2. The summed E-state index contributed by atoms with van der Waals surface area (Å²) in [6.07, 6.45) is 6.02. The highest BCUT2D eigenvalue weighted by atomic mass is 19.1. The van der Waals surface area contributed by atoms with Crippen molar-refractivity contribution in [3.05, 3.63) is 65.0 Å². The van der Waals surface area contributed by atoms with Crippen LogP contribution in [0.2, 0.25) is 0 Å². The summed E-state index contributed by atoms with van der Waals surface area (Å²) in [5.74, 6) is 0.502. The average molecular weight is 404 g/mol. The summed E-state index contributed by atoms with van der Waals surface area (Å²) in [5, 5.41) is 3.59. The summed E-state index contributed by atoms with van der Waals surface area (Å²) in [6.45, 7) is 5.75. The maximum absolute atomic E-state index is 13.3. The van der Waals surface area contributed by atoms with E-state index >= 15 is 0 Å². The lowest BCUT2D eigenvalue weighted by atomic mass is 9.88. The third-order valence-corrected chi connectivity index (χ3v) is 7.50.